The number of halogens is 1. The van der Waals surface area contributed by atoms with E-state index in [1.807, 2.05) is 54.6 Å². The van der Waals surface area contributed by atoms with E-state index in [4.69, 9.17) is 16.3 Å². The van der Waals surface area contributed by atoms with Crippen LogP contribution >= 0.6 is 22.9 Å². The van der Waals surface area contributed by atoms with Crippen molar-refractivity contribution < 1.29 is 9.53 Å². The summed E-state index contributed by atoms with van der Waals surface area (Å²) >= 11 is 7.77. The lowest BCUT2D eigenvalue weighted by Crippen LogP contribution is -2.40. The summed E-state index contributed by atoms with van der Waals surface area (Å²) in [7, 11) is 0. The molecule has 2 aromatic carbocycles. The first-order valence-corrected chi connectivity index (χ1v) is 10.7. The van der Waals surface area contributed by atoms with Crippen LogP contribution in [0.4, 0.5) is 0 Å². The van der Waals surface area contributed by atoms with Crippen molar-refractivity contribution in [1.29, 1.82) is 0 Å². The van der Waals surface area contributed by atoms with Crippen molar-refractivity contribution >= 4 is 35.0 Å². The standard InChI is InChI=1S/C23H19ClN2O3S/c1-3-29-22(28)19-14(2)25-23-26(20(19)16-11-7-8-12-17(16)24)21(27)18(30-23)13-15-9-5-4-6-10-15/h4-13,20H,3H2,1-2H3/b18-13-. The average molecular weight is 439 g/mol. The van der Waals surface area contributed by atoms with E-state index >= 15 is 0 Å². The summed E-state index contributed by atoms with van der Waals surface area (Å²) in [5.74, 6) is -0.499. The number of fused-ring (bicyclic) bond motifs is 1. The molecular formula is C23H19ClN2O3S. The van der Waals surface area contributed by atoms with Gasteiger partial charge in [0.15, 0.2) is 4.80 Å². The third-order valence-electron chi connectivity index (χ3n) is 4.81. The molecule has 3 aromatic rings. The molecule has 0 saturated heterocycles. The van der Waals surface area contributed by atoms with Gasteiger partial charge in [0, 0.05) is 5.02 Å². The number of hydrogen-bond acceptors (Lipinski definition) is 5. The minimum Gasteiger partial charge on any atom is -0.463 e. The number of thiazole rings is 1. The lowest BCUT2D eigenvalue weighted by molar-refractivity contribution is -0.139. The first-order chi connectivity index (χ1) is 14.5. The van der Waals surface area contributed by atoms with Gasteiger partial charge in [-0.05, 0) is 37.1 Å². The molecule has 1 aromatic heterocycles. The van der Waals surface area contributed by atoms with Gasteiger partial charge in [-0.2, -0.15) is 0 Å². The molecule has 1 aliphatic rings. The van der Waals surface area contributed by atoms with Crippen LogP contribution in [-0.4, -0.2) is 17.1 Å². The molecule has 2 heterocycles. The third kappa shape index (κ3) is 3.64. The van der Waals surface area contributed by atoms with E-state index < -0.39 is 12.0 Å². The zero-order chi connectivity index (χ0) is 21.3. The molecule has 4 rings (SSSR count). The van der Waals surface area contributed by atoms with Gasteiger partial charge in [0.2, 0.25) is 0 Å². The summed E-state index contributed by atoms with van der Waals surface area (Å²) in [6, 6.07) is 16.1. The zero-order valence-corrected chi connectivity index (χ0v) is 18.0. The Kier molecular flexibility index (Phi) is 5.70. The van der Waals surface area contributed by atoms with E-state index in [0.29, 0.717) is 31.2 Å². The van der Waals surface area contributed by atoms with Crippen LogP contribution in [0.3, 0.4) is 0 Å². The molecular weight excluding hydrogens is 420 g/mol. The van der Waals surface area contributed by atoms with Gasteiger partial charge in [-0.15, -0.1) is 0 Å². The predicted octanol–water partition coefficient (Wildman–Crippen LogP) is 3.45. The lowest BCUT2D eigenvalue weighted by Gasteiger charge is -2.25. The SMILES string of the molecule is CCOC(=O)C1=C(C)N=c2s/c(=C\c3ccccc3)c(=O)n2C1c1ccccc1Cl. The quantitative estimate of drug-likeness (QED) is 0.586. The van der Waals surface area contributed by atoms with Crippen molar-refractivity contribution in [3.8, 4) is 0 Å². The Balaban J connectivity index is 1.99. The van der Waals surface area contributed by atoms with Crippen LogP contribution in [0.15, 0.2) is 75.7 Å². The molecule has 30 heavy (non-hydrogen) atoms. The largest absolute Gasteiger partial charge is 0.463 e. The van der Waals surface area contributed by atoms with E-state index in [-0.39, 0.29) is 12.2 Å². The highest BCUT2D eigenvalue weighted by Crippen LogP contribution is 2.34. The second kappa shape index (κ2) is 8.42. The van der Waals surface area contributed by atoms with Gasteiger partial charge in [0.25, 0.3) is 5.56 Å². The summed E-state index contributed by atoms with van der Waals surface area (Å²) in [5.41, 5.74) is 2.19. The van der Waals surface area contributed by atoms with E-state index in [1.54, 1.807) is 24.5 Å². The fourth-order valence-electron chi connectivity index (χ4n) is 3.48. The van der Waals surface area contributed by atoms with Crippen molar-refractivity contribution in [3.05, 3.63) is 102 Å². The molecule has 1 atom stereocenters. The molecule has 0 amide bonds. The number of aromatic nitrogens is 1. The maximum absolute atomic E-state index is 13.4. The smallest absolute Gasteiger partial charge is 0.338 e. The molecule has 1 aliphatic heterocycles. The van der Waals surface area contributed by atoms with E-state index in [0.717, 1.165) is 5.56 Å². The first kappa shape index (κ1) is 20.3. The molecule has 0 aliphatic carbocycles. The van der Waals surface area contributed by atoms with Crippen LogP contribution in [0.2, 0.25) is 5.02 Å². The van der Waals surface area contributed by atoms with Crippen LogP contribution in [0.1, 0.15) is 31.0 Å². The number of rotatable bonds is 4. The normalized spacial score (nSPS) is 16.2. The number of carbonyl (C=O) groups is 1. The number of carbonyl (C=O) groups excluding carboxylic acids is 1. The fraction of sp³-hybridized carbons (Fsp3) is 0.174. The second-order valence-corrected chi connectivity index (χ2v) is 8.15. The number of esters is 1. The second-order valence-electron chi connectivity index (χ2n) is 6.73. The van der Waals surface area contributed by atoms with Gasteiger partial charge >= 0.3 is 5.97 Å². The van der Waals surface area contributed by atoms with Gasteiger partial charge in [0.05, 0.1) is 22.4 Å². The van der Waals surface area contributed by atoms with Crippen LogP contribution in [0.25, 0.3) is 6.08 Å². The van der Waals surface area contributed by atoms with E-state index in [2.05, 4.69) is 4.99 Å². The molecule has 0 radical (unpaired) electrons. The van der Waals surface area contributed by atoms with Gasteiger partial charge in [-0.1, -0.05) is 71.5 Å². The lowest BCUT2D eigenvalue weighted by atomic mass is 9.96. The Morgan fingerprint density at radius 2 is 1.90 bits per heavy atom. The van der Waals surface area contributed by atoms with Gasteiger partial charge in [0.1, 0.15) is 6.04 Å². The fourth-order valence-corrected chi connectivity index (χ4v) is 4.77. The number of allylic oxidation sites excluding steroid dienone is 1. The summed E-state index contributed by atoms with van der Waals surface area (Å²) in [6.07, 6.45) is 1.83. The van der Waals surface area contributed by atoms with Gasteiger partial charge in [-0.25, -0.2) is 9.79 Å². The predicted molar refractivity (Wildman–Crippen MR) is 118 cm³/mol. The number of benzene rings is 2. The Labute approximate surface area is 182 Å². The van der Waals surface area contributed by atoms with Crippen molar-refractivity contribution in [2.45, 2.75) is 19.9 Å². The minimum absolute atomic E-state index is 0.221. The average Bonchev–Trinajstić information content (AvgIpc) is 3.03. The van der Waals surface area contributed by atoms with Gasteiger partial charge < -0.3 is 4.74 Å². The van der Waals surface area contributed by atoms with Crippen LogP contribution in [0, 0.1) is 0 Å². The molecule has 0 spiro atoms. The molecule has 5 nitrogen and oxygen atoms in total. The summed E-state index contributed by atoms with van der Waals surface area (Å²) in [6.45, 7) is 3.72. The Hall–Kier alpha value is -2.96. The summed E-state index contributed by atoms with van der Waals surface area (Å²) in [5, 5.41) is 0.469. The first-order valence-electron chi connectivity index (χ1n) is 9.50. The Morgan fingerprint density at radius 3 is 2.60 bits per heavy atom. The molecule has 7 heteroatoms. The van der Waals surface area contributed by atoms with Crippen molar-refractivity contribution in [2.75, 3.05) is 6.61 Å². The highest BCUT2D eigenvalue weighted by atomic mass is 35.5. The Bertz CT molecular complexity index is 1320. The van der Waals surface area contributed by atoms with Crippen LogP contribution in [0.5, 0.6) is 0 Å². The molecule has 0 fully saturated rings. The maximum atomic E-state index is 13.4. The van der Waals surface area contributed by atoms with Crippen molar-refractivity contribution in [1.82, 2.24) is 4.57 Å². The highest BCUT2D eigenvalue weighted by molar-refractivity contribution is 7.07. The topological polar surface area (TPSA) is 60.7 Å². The summed E-state index contributed by atoms with van der Waals surface area (Å²) in [4.78, 5) is 31.3. The van der Waals surface area contributed by atoms with Crippen molar-refractivity contribution in [2.24, 2.45) is 4.99 Å². The highest BCUT2D eigenvalue weighted by Gasteiger charge is 2.34. The van der Waals surface area contributed by atoms with Gasteiger partial charge in [-0.3, -0.25) is 9.36 Å². The minimum atomic E-state index is -0.702. The number of nitrogens with zero attached hydrogens (tertiary/aromatic N) is 2. The summed E-state index contributed by atoms with van der Waals surface area (Å²) < 4.78 is 7.36. The molecule has 0 N–H and O–H groups in total. The van der Waals surface area contributed by atoms with Crippen molar-refractivity contribution in [3.63, 3.8) is 0 Å². The van der Waals surface area contributed by atoms with E-state index in [1.165, 1.54) is 11.3 Å². The molecule has 0 saturated carbocycles. The van der Waals surface area contributed by atoms with Crippen LogP contribution < -0.4 is 14.9 Å². The molecule has 0 bridgehead atoms. The van der Waals surface area contributed by atoms with E-state index in [9.17, 15) is 9.59 Å². The number of hydrogen-bond donors (Lipinski definition) is 0. The number of ether oxygens (including phenoxy) is 1. The monoisotopic (exact) mass is 438 g/mol. The maximum Gasteiger partial charge on any atom is 0.338 e. The zero-order valence-electron chi connectivity index (χ0n) is 16.5. The molecule has 1 unspecified atom stereocenters. The molecule has 152 valence electrons. The Morgan fingerprint density at radius 1 is 1.20 bits per heavy atom. The van der Waals surface area contributed by atoms with Crippen LogP contribution in [-0.2, 0) is 9.53 Å². The third-order valence-corrected chi connectivity index (χ3v) is 6.14.